The molecule has 0 atom stereocenters. The predicted molar refractivity (Wildman–Crippen MR) is 54.9 cm³/mol. The molecular formula is C10H10ClF2NO2. The molecule has 1 heterocycles. The number of ether oxygens (including phenoxy) is 1. The van der Waals surface area contributed by atoms with Gasteiger partial charge in [0.2, 0.25) is 0 Å². The Bertz CT molecular complexity index is 410. The first-order valence-electron chi connectivity index (χ1n) is 4.59. The second-order valence-corrected chi connectivity index (χ2v) is 3.43. The average molecular weight is 250 g/mol. The van der Waals surface area contributed by atoms with E-state index in [-0.39, 0.29) is 17.3 Å². The Kier molecular flexibility index (Phi) is 4.18. The van der Waals surface area contributed by atoms with Crippen LogP contribution in [0.4, 0.5) is 8.78 Å². The van der Waals surface area contributed by atoms with Crippen molar-refractivity contribution in [3.63, 3.8) is 0 Å². The number of alkyl halides is 2. The molecule has 0 N–H and O–H groups in total. The smallest absolute Gasteiger partial charge is 0.357 e. The summed E-state index contributed by atoms with van der Waals surface area (Å²) in [4.78, 5) is 14.9. The highest BCUT2D eigenvalue weighted by atomic mass is 35.5. The van der Waals surface area contributed by atoms with Gasteiger partial charge in [-0.3, -0.25) is 0 Å². The number of hydrogen-bond donors (Lipinski definition) is 0. The number of hydrogen-bond acceptors (Lipinski definition) is 3. The molecule has 1 aromatic heterocycles. The lowest BCUT2D eigenvalue weighted by Crippen LogP contribution is -2.11. The maximum atomic E-state index is 12.4. The molecule has 0 unspecified atom stereocenters. The van der Waals surface area contributed by atoms with E-state index < -0.39 is 18.1 Å². The van der Waals surface area contributed by atoms with E-state index in [9.17, 15) is 13.6 Å². The topological polar surface area (TPSA) is 39.2 Å². The molecule has 6 heteroatoms. The summed E-state index contributed by atoms with van der Waals surface area (Å²) in [6.07, 6.45) is -2.77. The zero-order valence-electron chi connectivity index (χ0n) is 8.76. The maximum absolute atomic E-state index is 12.4. The lowest BCUT2D eigenvalue weighted by atomic mass is 10.2. The lowest BCUT2D eigenvalue weighted by Gasteiger charge is -2.08. The fourth-order valence-electron chi connectivity index (χ4n) is 1.11. The van der Waals surface area contributed by atoms with Gasteiger partial charge in [0.05, 0.1) is 6.61 Å². The van der Waals surface area contributed by atoms with E-state index in [2.05, 4.69) is 4.98 Å². The third-order valence-electron chi connectivity index (χ3n) is 1.92. The van der Waals surface area contributed by atoms with Gasteiger partial charge < -0.3 is 4.74 Å². The van der Waals surface area contributed by atoms with E-state index in [1.165, 1.54) is 6.92 Å². The molecule has 0 saturated heterocycles. The Balaban J connectivity index is 3.21. The minimum atomic E-state index is -2.77. The van der Waals surface area contributed by atoms with Gasteiger partial charge in [-0.05, 0) is 19.9 Å². The van der Waals surface area contributed by atoms with Gasteiger partial charge in [0.1, 0.15) is 5.69 Å². The van der Waals surface area contributed by atoms with Crippen molar-refractivity contribution in [2.75, 3.05) is 6.61 Å². The highest BCUT2D eigenvalue weighted by molar-refractivity contribution is 6.31. The first-order valence-corrected chi connectivity index (χ1v) is 4.97. The summed E-state index contributed by atoms with van der Waals surface area (Å²) in [5, 5.41) is 0.0772. The van der Waals surface area contributed by atoms with Gasteiger partial charge >= 0.3 is 5.97 Å². The molecule has 0 aliphatic rings. The van der Waals surface area contributed by atoms with Crippen molar-refractivity contribution < 1.29 is 18.3 Å². The number of carbonyl (C=O) groups is 1. The molecule has 0 aromatic carbocycles. The average Bonchev–Trinajstić information content (AvgIpc) is 2.21. The summed E-state index contributed by atoms with van der Waals surface area (Å²) >= 11 is 5.73. The van der Waals surface area contributed by atoms with Gasteiger partial charge in [0.25, 0.3) is 6.43 Å². The van der Waals surface area contributed by atoms with E-state index in [4.69, 9.17) is 16.3 Å². The second kappa shape index (κ2) is 5.21. The minimum Gasteiger partial charge on any atom is -0.461 e. The molecule has 0 aliphatic heterocycles. The molecule has 0 radical (unpaired) electrons. The van der Waals surface area contributed by atoms with Crippen LogP contribution >= 0.6 is 11.6 Å². The van der Waals surface area contributed by atoms with E-state index in [0.717, 1.165) is 6.07 Å². The molecule has 1 rings (SSSR count). The van der Waals surface area contributed by atoms with Crippen LogP contribution in [-0.2, 0) is 4.74 Å². The van der Waals surface area contributed by atoms with Crippen molar-refractivity contribution in [2.24, 2.45) is 0 Å². The van der Waals surface area contributed by atoms with Gasteiger partial charge in [0, 0.05) is 10.6 Å². The summed E-state index contributed by atoms with van der Waals surface area (Å²) in [7, 11) is 0. The number of carbonyl (C=O) groups excluding carboxylic acids is 1. The van der Waals surface area contributed by atoms with Crippen molar-refractivity contribution >= 4 is 17.6 Å². The molecule has 0 fully saturated rings. The van der Waals surface area contributed by atoms with Crippen LogP contribution in [0.15, 0.2) is 6.07 Å². The number of halogens is 3. The Labute approximate surface area is 96.4 Å². The molecule has 1 aromatic rings. The third-order valence-corrected chi connectivity index (χ3v) is 2.31. The van der Waals surface area contributed by atoms with Gasteiger partial charge in [-0.15, -0.1) is 0 Å². The Morgan fingerprint density at radius 2 is 2.25 bits per heavy atom. The van der Waals surface area contributed by atoms with Crippen LogP contribution in [0.5, 0.6) is 0 Å². The van der Waals surface area contributed by atoms with Gasteiger partial charge in [-0.2, -0.15) is 0 Å². The summed E-state index contributed by atoms with van der Waals surface area (Å²) < 4.78 is 29.6. The van der Waals surface area contributed by atoms with Gasteiger partial charge in [-0.1, -0.05) is 11.6 Å². The number of pyridine rings is 1. The van der Waals surface area contributed by atoms with Crippen LogP contribution in [0.2, 0.25) is 5.02 Å². The Morgan fingerprint density at radius 1 is 1.62 bits per heavy atom. The van der Waals surface area contributed by atoms with Crippen LogP contribution in [0.25, 0.3) is 0 Å². The molecule has 16 heavy (non-hydrogen) atoms. The molecule has 0 spiro atoms. The van der Waals surface area contributed by atoms with Crippen molar-refractivity contribution in [3.8, 4) is 0 Å². The third kappa shape index (κ3) is 2.66. The highest BCUT2D eigenvalue weighted by Gasteiger charge is 2.19. The van der Waals surface area contributed by atoms with Crippen LogP contribution < -0.4 is 0 Å². The molecular weight excluding hydrogens is 240 g/mol. The van der Waals surface area contributed by atoms with E-state index in [1.54, 1.807) is 6.92 Å². The predicted octanol–water partition coefficient (Wildman–Crippen LogP) is 3.16. The zero-order valence-corrected chi connectivity index (χ0v) is 9.52. The SMILES string of the molecule is CCOC(=O)c1nc(C(F)F)cc(Cl)c1C. The van der Waals surface area contributed by atoms with Crippen LogP contribution in [0.3, 0.4) is 0 Å². The normalized spacial score (nSPS) is 10.6. The van der Waals surface area contributed by atoms with Crippen molar-refractivity contribution in [3.05, 3.63) is 28.0 Å². The maximum Gasteiger partial charge on any atom is 0.357 e. The zero-order chi connectivity index (χ0) is 12.3. The summed E-state index contributed by atoms with van der Waals surface area (Å²) in [5.41, 5.74) is -0.354. The van der Waals surface area contributed by atoms with E-state index in [0.29, 0.717) is 5.56 Å². The van der Waals surface area contributed by atoms with E-state index in [1.807, 2.05) is 0 Å². The first-order chi connectivity index (χ1) is 7.47. The molecule has 3 nitrogen and oxygen atoms in total. The van der Waals surface area contributed by atoms with E-state index >= 15 is 0 Å². The Morgan fingerprint density at radius 3 is 2.75 bits per heavy atom. The van der Waals surface area contributed by atoms with Crippen LogP contribution in [0.1, 0.15) is 35.1 Å². The number of rotatable bonds is 3. The Hall–Kier alpha value is -1.23. The number of nitrogens with zero attached hydrogens (tertiary/aromatic N) is 1. The quantitative estimate of drug-likeness (QED) is 0.773. The fraction of sp³-hybridized carbons (Fsp3) is 0.400. The van der Waals surface area contributed by atoms with Crippen molar-refractivity contribution in [2.45, 2.75) is 20.3 Å². The molecule has 0 bridgehead atoms. The fourth-order valence-corrected chi connectivity index (χ4v) is 1.31. The number of esters is 1. The summed E-state index contributed by atoms with van der Waals surface area (Å²) in [5.74, 6) is -0.746. The largest absolute Gasteiger partial charge is 0.461 e. The van der Waals surface area contributed by atoms with Gasteiger partial charge in [-0.25, -0.2) is 18.6 Å². The van der Waals surface area contributed by atoms with Crippen LogP contribution in [-0.4, -0.2) is 17.6 Å². The number of aromatic nitrogens is 1. The highest BCUT2D eigenvalue weighted by Crippen LogP contribution is 2.25. The van der Waals surface area contributed by atoms with Gasteiger partial charge in [0.15, 0.2) is 5.69 Å². The van der Waals surface area contributed by atoms with Crippen molar-refractivity contribution in [1.29, 1.82) is 0 Å². The van der Waals surface area contributed by atoms with Crippen LogP contribution in [0, 0.1) is 6.92 Å². The first kappa shape index (κ1) is 12.8. The monoisotopic (exact) mass is 249 g/mol. The van der Waals surface area contributed by atoms with Crippen molar-refractivity contribution in [1.82, 2.24) is 4.98 Å². The lowest BCUT2D eigenvalue weighted by molar-refractivity contribution is 0.0517. The summed E-state index contributed by atoms with van der Waals surface area (Å²) in [6.45, 7) is 3.29. The molecule has 0 amide bonds. The molecule has 0 saturated carbocycles. The second-order valence-electron chi connectivity index (χ2n) is 3.02. The minimum absolute atomic E-state index is 0.0772. The molecule has 0 aliphatic carbocycles. The standard InChI is InChI=1S/C10H10ClF2NO2/c1-3-16-10(15)8-5(2)6(11)4-7(14-8)9(12)13/h4,9H,3H2,1-2H3. The molecule has 88 valence electrons. The summed E-state index contributed by atoms with van der Waals surface area (Å²) in [6, 6.07) is 1.05.